The maximum atomic E-state index is 12.6. The first kappa shape index (κ1) is 17.5. The lowest BCUT2D eigenvalue weighted by Crippen LogP contribution is -2.49. The molecule has 140 valence electrons. The minimum atomic E-state index is -0.800. The van der Waals surface area contributed by atoms with E-state index in [0.29, 0.717) is 39.0 Å². The summed E-state index contributed by atoms with van der Waals surface area (Å²) in [6.45, 7) is 5.36. The molecule has 7 nitrogen and oxygen atoms in total. The number of nitrogens with zero attached hydrogens (tertiary/aromatic N) is 4. The van der Waals surface area contributed by atoms with Gasteiger partial charge in [-0.25, -0.2) is 0 Å². The van der Waals surface area contributed by atoms with Crippen molar-refractivity contribution in [2.24, 2.45) is 0 Å². The molecule has 0 saturated carbocycles. The summed E-state index contributed by atoms with van der Waals surface area (Å²) in [5, 5.41) is 16.3. The smallest absolute Gasteiger partial charge is 0.224 e. The maximum Gasteiger partial charge on any atom is 0.224 e. The van der Waals surface area contributed by atoms with Crippen LogP contribution in [0.25, 0.3) is 10.9 Å². The largest absolute Gasteiger partial charge is 0.387 e. The Kier molecular flexibility index (Phi) is 4.93. The van der Waals surface area contributed by atoms with E-state index in [4.69, 9.17) is 4.74 Å². The minimum Gasteiger partial charge on any atom is -0.387 e. The third-order valence-corrected chi connectivity index (χ3v) is 5.40. The van der Waals surface area contributed by atoms with Crippen LogP contribution in [0.5, 0.6) is 0 Å². The predicted octanol–water partition coefficient (Wildman–Crippen LogP) is 0.722. The van der Waals surface area contributed by atoms with Gasteiger partial charge in [-0.3, -0.25) is 14.4 Å². The predicted molar refractivity (Wildman–Crippen MR) is 97.8 cm³/mol. The highest BCUT2D eigenvalue weighted by Crippen LogP contribution is 2.24. The molecule has 0 spiro atoms. The number of β-amino-alcohol motifs (C(OH)–C–C–N with tert-alkyl or cyclic N) is 1. The fraction of sp³-hybridized carbons (Fsp3) is 0.579. The van der Waals surface area contributed by atoms with E-state index in [9.17, 15) is 9.90 Å². The SMILES string of the molecule is O=C(CCn1ncc2ccccc21)N1CC[C@@](O)(CN2CCOCC2)C1. The molecule has 1 amide bonds. The van der Waals surface area contributed by atoms with E-state index >= 15 is 0 Å². The fourth-order valence-electron chi connectivity index (χ4n) is 3.94. The third-order valence-electron chi connectivity index (χ3n) is 5.40. The molecule has 1 aromatic heterocycles. The zero-order chi connectivity index (χ0) is 18.0. The van der Waals surface area contributed by atoms with Crippen LogP contribution in [0.3, 0.4) is 0 Å². The molecule has 1 aromatic carbocycles. The van der Waals surface area contributed by atoms with Gasteiger partial charge in [-0.2, -0.15) is 5.10 Å². The zero-order valence-corrected chi connectivity index (χ0v) is 15.0. The van der Waals surface area contributed by atoms with Gasteiger partial charge >= 0.3 is 0 Å². The Hall–Kier alpha value is -1.96. The summed E-state index contributed by atoms with van der Waals surface area (Å²) >= 11 is 0. The van der Waals surface area contributed by atoms with Crippen LogP contribution in [0.1, 0.15) is 12.8 Å². The van der Waals surface area contributed by atoms with Crippen LogP contribution in [-0.2, 0) is 16.1 Å². The van der Waals surface area contributed by atoms with Crippen molar-refractivity contribution in [2.75, 3.05) is 45.9 Å². The highest BCUT2D eigenvalue weighted by atomic mass is 16.5. The van der Waals surface area contributed by atoms with Crippen LogP contribution >= 0.6 is 0 Å². The Morgan fingerprint density at radius 2 is 2.04 bits per heavy atom. The molecular weight excluding hydrogens is 332 g/mol. The second-order valence-electron chi connectivity index (χ2n) is 7.35. The van der Waals surface area contributed by atoms with Gasteiger partial charge in [0.15, 0.2) is 0 Å². The first-order valence-corrected chi connectivity index (χ1v) is 9.34. The molecule has 2 aliphatic rings. The molecule has 1 atom stereocenters. The first-order chi connectivity index (χ1) is 12.6. The van der Waals surface area contributed by atoms with Crippen molar-refractivity contribution in [3.05, 3.63) is 30.5 Å². The number of aryl methyl sites for hydroxylation is 1. The number of para-hydroxylation sites is 1. The van der Waals surface area contributed by atoms with Gasteiger partial charge in [-0.15, -0.1) is 0 Å². The van der Waals surface area contributed by atoms with Crippen LogP contribution in [0, 0.1) is 0 Å². The average molecular weight is 358 g/mol. The second-order valence-corrected chi connectivity index (χ2v) is 7.35. The quantitative estimate of drug-likeness (QED) is 0.853. The normalized spacial score (nSPS) is 24.4. The molecular formula is C19H26N4O3. The van der Waals surface area contributed by atoms with E-state index in [1.54, 1.807) is 4.90 Å². The van der Waals surface area contributed by atoms with E-state index < -0.39 is 5.60 Å². The van der Waals surface area contributed by atoms with Crippen molar-refractivity contribution < 1.29 is 14.6 Å². The number of amides is 1. The lowest BCUT2D eigenvalue weighted by atomic mass is 10.0. The Bertz CT molecular complexity index is 771. The number of carbonyl (C=O) groups is 1. The molecule has 0 bridgehead atoms. The molecule has 2 saturated heterocycles. The van der Waals surface area contributed by atoms with Crippen LogP contribution in [0.4, 0.5) is 0 Å². The zero-order valence-electron chi connectivity index (χ0n) is 15.0. The second kappa shape index (κ2) is 7.34. The Morgan fingerprint density at radius 3 is 2.88 bits per heavy atom. The van der Waals surface area contributed by atoms with Crippen molar-refractivity contribution in [3.8, 4) is 0 Å². The number of fused-ring (bicyclic) bond motifs is 1. The standard InChI is InChI=1S/C19H26N4O3/c24-18(5-7-23-17-4-2-1-3-16(17)13-20-23)22-8-6-19(25,15-22)14-21-9-11-26-12-10-21/h1-4,13,25H,5-12,14-15H2/t19-/m1/s1. The lowest BCUT2D eigenvalue weighted by Gasteiger charge is -2.33. The summed E-state index contributed by atoms with van der Waals surface area (Å²) in [5.41, 5.74) is 0.247. The molecule has 3 heterocycles. The molecule has 2 aliphatic heterocycles. The first-order valence-electron chi connectivity index (χ1n) is 9.34. The number of hydrogen-bond acceptors (Lipinski definition) is 5. The van der Waals surface area contributed by atoms with Gasteiger partial charge in [-0.05, 0) is 12.5 Å². The number of morpholine rings is 1. The van der Waals surface area contributed by atoms with Gasteiger partial charge in [0.05, 0.1) is 43.6 Å². The summed E-state index contributed by atoms with van der Waals surface area (Å²) < 4.78 is 7.24. The van der Waals surface area contributed by atoms with Crippen molar-refractivity contribution in [1.29, 1.82) is 0 Å². The number of aliphatic hydroxyl groups is 1. The van der Waals surface area contributed by atoms with Crippen molar-refractivity contribution >= 4 is 16.8 Å². The number of aromatic nitrogens is 2. The lowest BCUT2D eigenvalue weighted by molar-refractivity contribution is -0.131. The Labute approximate surface area is 153 Å². The monoisotopic (exact) mass is 358 g/mol. The molecule has 2 aromatic rings. The number of benzene rings is 1. The highest BCUT2D eigenvalue weighted by Gasteiger charge is 2.39. The molecule has 0 unspecified atom stereocenters. The van der Waals surface area contributed by atoms with E-state index in [0.717, 1.165) is 37.2 Å². The number of carbonyl (C=O) groups excluding carboxylic acids is 1. The topological polar surface area (TPSA) is 70.8 Å². The third kappa shape index (κ3) is 3.75. The Morgan fingerprint density at radius 1 is 1.23 bits per heavy atom. The molecule has 26 heavy (non-hydrogen) atoms. The molecule has 1 N–H and O–H groups in total. The van der Waals surface area contributed by atoms with Crippen molar-refractivity contribution in [1.82, 2.24) is 19.6 Å². The van der Waals surface area contributed by atoms with Crippen molar-refractivity contribution in [3.63, 3.8) is 0 Å². The molecule has 2 fully saturated rings. The summed E-state index contributed by atoms with van der Waals surface area (Å²) in [7, 11) is 0. The number of likely N-dealkylation sites (tertiary alicyclic amines) is 1. The van der Waals surface area contributed by atoms with Crippen LogP contribution in [-0.4, -0.2) is 82.1 Å². The summed E-state index contributed by atoms with van der Waals surface area (Å²) in [4.78, 5) is 16.6. The van der Waals surface area contributed by atoms with Gasteiger partial charge in [0.25, 0.3) is 0 Å². The Balaban J connectivity index is 1.31. The van der Waals surface area contributed by atoms with Crippen LogP contribution < -0.4 is 0 Å². The number of ether oxygens (including phenoxy) is 1. The highest BCUT2D eigenvalue weighted by molar-refractivity contribution is 5.79. The van der Waals surface area contributed by atoms with E-state index in [-0.39, 0.29) is 5.91 Å². The number of rotatable bonds is 5. The van der Waals surface area contributed by atoms with Gasteiger partial charge in [-0.1, -0.05) is 18.2 Å². The fourth-order valence-corrected chi connectivity index (χ4v) is 3.94. The van der Waals surface area contributed by atoms with Crippen LogP contribution in [0.2, 0.25) is 0 Å². The number of hydrogen-bond donors (Lipinski definition) is 1. The van der Waals surface area contributed by atoms with Gasteiger partial charge in [0, 0.05) is 38.0 Å². The van der Waals surface area contributed by atoms with Gasteiger partial charge in [0.2, 0.25) is 5.91 Å². The molecule has 7 heteroatoms. The average Bonchev–Trinajstić information content (AvgIpc) is 3.24. The molecule has 0 aliphatic carbocycles. The van der Waals surface area contributed by atoms with E-state index in [1.165, 1.54) is 0 Å². The summed E-state index contributed by atoms with van der Waals surface area (Å²) in [6.07, 6.45) is 2.87. The van der Waals surface area contributed by atoms with Gasteiger partial charge < -0.3 is 14.7 Å². The molecule has 0 radical (unpaired) electrons. The van der Waals surface area contributed by atoms with Gasteiger partial charge in [0.1, 0.15) is 0 Å². The van der Waals surface area contributed by atoms with E-state index in [1.807, 2.05) is 35.1 Å². The molecule has 4 rings (SSSR count). The summed E-state index contributed by atoms with van der Waals surface area (Å²) in [5.74, 6) is 0.0856. The van der Waals surface area contributed by atoms with Crippen molar-refractivity contribution in [2.45, 2.75) is 25.0 Å². The minimum absolute atomic E-state index is 0.0856. The van der Waals surface area contributed by atoms with E-state index in [2.05, 4.69) is 10.00 Å². The maximum absolute atomic E-state index is 12.6. The van der Waals surface area contributed by atoms with Crippen LogP contribution in [0.15, 0.2) is 30.5 Å². The summed E-state index contributed by atoms with van der Waals surface area (Å²) in [6, 6.07) is 8.00.